The lowest BCUT2D eigenvalue weighted by molar-refractivity contribution is -0.147. The molecule has 26 heavy (non-hydrogen) atoms. The Hall–Kier alpha value is -2.18. The van der Waals surface area contributed by atoms with Gasteiger partial charge in [0.2, 0.25) is 0 Å². The van der Waals surface area contributed by atoms with Gasteiger partial charge in [-0.25, -0.2) is 9.59 Å². The van der Waals surface area contributed by atoms with Crippen molar-refractivity contribution in [1.29, 1.82) is 0 Å². The number of aliphatic hydroxyl groups is 1. The van der Waals surface area contributed by atoms with E-state index < -0.39 is 36.4 Å². The van der Waals surface area contributed by atoms with Crippen LogP contribution in [0.5, 0.6) is 0 Å². The Balaban J connectivity index is 1.63. The lowest BCUT2D eigenvalue weighted by Gasteiger charge is -2.26. The molecule has 0 amide bonds. The van der Waals surface area contributed by atoms with Crippen molar-refractivity contribution in [3.8, 4) is 0 Å². The van der Waals surface area contributed by atoms with Crippen LogP contribution in [0.25, 0.3) is 0 Å². The molecular formula is C20H22O6. The molecule has 6 heteroatoms. The summed E-state index contributed by atoms with van der Waals surface area (Å²) in [7, 11) is 0. The molecule has 138 valence electrons. The van der Waals surface area contributed by atoms with Gasteiger partial charge in [0.1, 0.15) is 12.2 Å². The minimum atomic E-state index is -1.09. The zero-order chi connectivity index (χ0) is 18.6. The molecule has 0 radical (unpaired) electrons. The van der Waals surface area contributed by atoms with Crippen molar-refractivity contribution in [1.82, 2.24) is 0 Å². The summed E-state index contributed by atoms with van der Waals surface area (Å²) >= 11 is 0. The topological polar surface area (TPSA) is 82.1 Å². The van der Waals surface area contributed by atoms with Crippen molar-refractivity contribution in [2.75, 3.05) is 6.61 Å². The molecule has 6 nitrogen and oxygen atoms in total. The summed E-state index contributed by atoms with van der Waals surface area (Å²) in [5, 5.41) is 9.41. The van der Waals surface area contributed by atoms with Gasteiger partial charge in [0.15, 0.2) is 6.29 Å². The molecule has 2 aliphatic carbocycles. The number of carbonyl (C=O) groups is 2. The zero-order valence-electron chi connectivity index (χ0n) is 14.6. The second-order valence-corrected chi connectivity index (χ2v) is 7.48. The normalized spacial score (nSPS) is 40.9. The first-order valence-corrected chi connectivity index (χ1v) is 8.82. The quantitative estimate of drug-likeness (QED) is 0.461. The minimum Gasteiger partial charge on any atom is -0.458 e. The standard InChI is InChI=1S/C20H22O6/c1-9-4-15-18(11(3)19(22)25-15)16(5-10(2)14-7-13(9)14)26-20(23)12-6-17(21)24-8-12/h4,6,13-18,21H,2-3,5,7-8H2,1H3/b9-4-/t13-,14+,15+,16+,17+,18-/m0/s1. The van der Waals surface area contributed by atoms with Gasteiger partial charge < -0.3 is 19.3 Å². The van der Waals surface area contributed by atoms with Crippen LogP contribution in [0.4, 0.5) is 0 Å². The van der Waals surface area contributed by atoms with Crippen molar-refractivity contribution >= 4 is 11.9 Å². The first-order chi connectivity index (χ1) is 12.3. The number of hydrogen-bond acceptors (Lipinski definition) is 6. The summed E-state index contributed by atoms with van der Waals surface area (Å²) in [6.45, 7) is 10.1. The lowest BCUT2D eigenvalue weighted by atomic mass is 9.87. The smallest absolute Gasteiger partial charge is 0.336 e. The van der Waals surface area contributed by atoms with E-state index in [0.717, 1.165) is 12.0 Å². The Bertz CT molecular complexity index is 760. The molecule has 2 aliphatic heterocycles. The van der Waals surface area contributed by atoms with Crippen LogP contribution in [0, 0.1) is 17.8 Å². The molecule has 0 bridgehead atoms. The molecule has 1 N–H and O–H groups in total. The van der Waals surface area contributed by atoms with Gasteiger partial charge in [-0.05, 0) is 37.3 Å². The van der Waals surface area contributed by atoms with Gasteiger partial charge in [0.25, 0.3) is 0 Å². The highest BCUT2D eigenvalue weighted by Crippen LogP contribution is 2.52. The Morgan fingerprint density at radius 2 is 2.08 bits per heavy atom. The van der Waals surface area contributed by atoms with Crippen LogP contribution in [-0.4, -0.2) is 42.1 Å². The summed E-state index contributed by atoms with van der Waals surface area (Å²) in [6.07, 6.45) is 2.61. The fourth-order valence-corrected chi connectivity index (χ4v) is 4.15. The molecule has 2 fully saturated rings. The number of aliphatic hydroxyl groups excluding tert-OH is 1. The lowest BCUT2D eigenvalue weighted by Crippen LogP contribution is -2.33. The predicted octanol–water partition coefficient (Wildman–Crippen LogP) is 1.81. The maximum atomic E-state index is 12.5. The summed E-state index contributed by atoms with van der Waals surface area (Å²) in [4.78, 5) is 24.6. The molecule has 4 rings (SSSR count). The second-order valence-electron chi connectivity index (χ2n) is 7.48. The van der Waals surface area contributed by atoms with Gasteiger partial charge in [0, 0.05) is 12.0 Å². The van der Waals surface area contributed by atoms with E-state index in [9.17, 15) is 14.7 Å². The van der Waals surface area contributed by atoms with E-state index >= 15 is 0 Å². The molecule has 0 aromatic carbocycles. The second kappa shape index (κ2) is 6.21. The van der Waals surface area contributed by atoms with Crippen LogP contribution in [-0.2, 0) is 23.8 Å². The van der Waals surface area contributed by atoms with E-state index in [0.29, 0.717) is 23.8 Å². The Morgan fingerprint density at radius 1 is 1.31 bits per heavy atom. The monoisotopic (exact) mass is 358 g/mol. The Labute approximate surface area is 151 Å². The van der Waals surface area contributed by atoms with Gasteiger partial charge in [0.05, 0.1) is 18.1 Å². The van der Waals surface area contributed by atoms with E-state index in [2.05, 4.69) is 13.2 Å². The van der Waals surface area contributed by atoms with Crippen molar-refractivity contribution in [2.24, 2.45) is 17.8 Å². The van der Waals surface area contributed by atoms with Crippen LogP contribution in [0.1, 0.15) is 19.8 Å². The highest BCUT2D eigenvalue weighted by Gasteiger charge is 2.49. The van der Waals surface area contributed by atoms with Crippen molar-refractivity contribution in [2.45, 2.75) is 38.3 Å². The molecule has 6 atom stereocenters. The zero-order valence-corrected chi connectivity index (χ0v) is 14.6. The number of ether oxygens (including phenoxy) is 3. The van der Waals surface area contributed by atoms with Gasteiger partial charge in [-0.3, -0.25) is 0 Å². The van der Waals surface area contributed by atoms with E-state index in [1.807, 2.05) is 13.0 Å². The first-order valence-electron chi connectivity index (χ1n) is 8.82. The summed E-state index contributed by atoms with van der Waals surface area (Å²) in [5.74, 6) is -0.652. The summed E-state index contributed by atoms with van der Waals surface area (Å²) < 4.78 is 16.2. The van der Waals surface area contributed by atoms with Gasteiger partial charge in [-0.2, -0.15) is 0 Å². The van der Waals surface area contributed by atoms with E-state index in [1.54, 1.807) is 0 Å². The number of hydrogen-bond donors (Lipinski definition) is 1. The van der Waals surface area contributed by atoms with Crippen molar-refractivity contribution in [3.63, 3.8) is 0 Å². The predicted molar refractivity (Wildman–Crippen MR) is 91.5 cm³/mol. The van der Waals surface area contributed by atoms with Crippen LogP contribution in [0.15, 0.2) is 47.6 Å². The van der Waals surface area contributed by atoms with Crippen LogP contribution in [0.2, 0.25) is 0 Å². The Kier molecular flexibility index (Phi) is 4.12. The molecule has 4 aliphatic rings. The number of esters is 2. The van der Waals surface area contributed by atoms with E-state index in [4.69, 9.17) is 14.2 Å². The third-order valence-electron chi connectivity index (χ3n) is 5.73. The largest absolute Gasteiger partial charge is 0.458 e. The number of rotatable bonds is 2. The molecule has 0 aromatic heterocycles. The third-order valence-corrected chi connectivity index (χ3v) is 5.73. The molecule has 0 unspecified atom stereocenters. The first kappa shape index (κ1) is 17.2. The van der Waals surface area contributed by atoms with Gasteiger partial charge in [-0.1, -0.05) is 24.3 Å². The van der Waals surface area contributed by atoms with Crippen LogP contribution in [0.3, 0.4) is 0 Å². The average molecular weight is 358 g/mol. The molecule has 0 aromatic rings. The average Bonchev–Trinajstić information content (AvgIpc) is 3.19. The highest BCUT2D eigenvalue weighted by molar-refractivity contribution is 5.92. The molecule has 0 spiro atoms. The fourth-order valence-electron chi connectivity index (χ4n) is 4.15. The molecule has 1 saturated heterocycles. The summed E-state index contributed by atoms with van der Waals surface area (Å²) in [5.41, 5.74) is 2.78. The SMILES string of the molecule is C=C1C(=O)O[C@@H]2/C=C(/C)[C@@H]3C[C@@H]3C(=C)C[C@@H](OC(=O)C3=C[C@H](O)OC3)[C@@H]12. The number of allylic oxidation sites excluding steroid dienone is 1. The number of carbonyl (C=O) groups excluding carboxylic acids is 2. The van der Waals surface area contributed by atoms with Crippen molar-refractivity contribution < 1.29 is 28.9 Å². The summed E-state index contributed by atoms with van der Waals surface area (Å²) in [6, 6.07) is 0. The molecule has 1 saturated carbocycles. The maximum Gasteiger partial charge on any atom is 0.336 e. The van der Waals surface area contributed by atoms with Crippen LogP contribution >= 0.6 is 0 Å². The fraction of sp³-hybridized carbons (Fsp3) is 0.500. The van der Waals surface area contributed by atoms with Gasteiger partial charge >= 0.3 is 11.9 Å². The molecular weight excluding hydrogens is 336 g/mol. The van der Waals surface area contributed by atoms with Crippen LogP contribution < -0.4 is 0 Å². The Morgan fingerprint density at radius 3 is 2.77 bits per heavy atom. The van der Waals surface area contributed by atoms with Crippen molar-refractivity contribution in [3.05, 3.63) is 47.6 Å². The highest BCUT2D eigenvalue weighted by atomic mass is 16.6. The van der Waals surface area contributed by atoms with E-state index in [-0.39, 0.29) is 12.2 Å². The third kappa shape index (κ3) is 2.93. The minimum absolute atomic E-state index is 0.00183. The number of fused-ring (bicyclic) bond motifs is 2. The molecule has 2 heterocycles. The van der Waals surface area contributed by atoms with Gasteiger partial charge in [-0.15, -0.1) is 0 Å². The maximum absolute atomic E-state index is 12.5. The van der Waals surface area contributed by atoms with E-state index in [1.165, 1.54) is 11.6 Å².